The van der Waals surface area contributed by atoms with Crippen molar-refractivity contribution in [2.75, 3.05) is 6.61 Å². The van der Waals surface area contributed by atoms with Gasteiger partial charge in [-0.25, -0.2) is 0 Å². The van der Waals surface area contributed by atoms with Crippen LogP contribution in [0.3, 0.4) is 0 Å². The highest BCUT2D eigenvalue weighted by Crippen LogP contribution is 2.19. The summed E-state index contributed by atoms with van der Waals surface area (Å²) in [7, 11) is 0. The molecule has 3 N–H and O–H groups in total. The van der Waals surface area contributed by atoms with Crippen molar-refractivity contribution >= 4 is 0 Å². The molecule has 0 aromatic carbocycles. The number of ether oxygens (including phenoxy) is 1. The van der Waals surface area contributed by atoms with Gasteiger partial charge in [0.25, 0.3) is 0 Å². The minimum atomic E-state index is -0.358. The molecule has 0 spiro atoms. The van der Waals surface area contributed by atoms with Crippen LogP contribution >= 0.6 is 0 Å². The Bertz CT molecular complexity index is 127. The van der Waals surface area contributed by atoms with Gasteiger partial charge in [-0.1, -0.05) is 13.8 Å². The van der Waals surface area contributed by atoms with Crippen molar-refractivity contribution < 1.29 is 9.84 Å². The van der Waals surface area contributed by atoms with Crippen molar-refractivity contribution in [3.63, 3.8) is 0 Å². The van der Waals surface area contributed by atoms with Crippen molar-refractivity contribution in [1.82, 2.24) is 0 Å². The normalized spacial score (nSPS) is 34.6. The van der Waals surface area contributed by atoms with Crippen molar-refractivity contribution in [1.29, 1.82) is 0 Å². The Kier molecular flexibility index (Phi) is 2.87. The molecule has 0 aliphatic carbocycles. The maximum absolute atomic E-state index is 9.56. The van der Waals surface area contributed by atoms with E-state index in [0.29, 0.717) is 6.61 Å². The summed E-state index contributed by atoms with van der Waals surface area (Å²) in [6.07, 6.45) is 0.396. The predicted octanol–water partition coefficient (Wildman–Crippen LogP) is 0.120. The molecule has 1 aliphatic heterocycles. The Morgan fingerprint density at radius 1 is 1.55 bits per heavy atom. The summed E-state index contributed by atoms with van der Waals surface area (Å²) in [4.78, 5) is 0. The minimum Gasteiger partial charge on any atom is -0.390 e. The molecule has 66 valence electrons. The van der Waals surface area contributed by atoms with Crippen molar-refractivity contribution in [3.8, 4) is 0 Å². The van der Waals surface area contributed by atoms with Crippen molar-refractivity contribution in [2.24, 2.45) is 11.7 Å². The molecule has 0 amide bonds. The molecule has 3 atom stereocenters. The fourth-order valence-corrected chi connectivity index (χ4v) is 1.35. The highest BCUT2D eigenvalue weighted by molar-refractivity contribution is 4.82. The minimum absolute atomic E-state index is 0.0370. The van der Waals surface area contributed by atoms with E-state index in [1.54, 1.807) is 0 Å². The highest BCUT2D eigenvalue weighted by Gasteiger charge is 2.30. The van der Waals surface area contributed by atoms with Crippen LogP contribution in [0.25, 0.3) is 0 Å². The molecule has 1 unspecified atom stereocenters. The first-order valence-corrected chi connectivity index (χ1v) is 4.16. The summed E-state index contributed by atoms with van der Waals surface area (Å²) in [6, 6.07) is 0.119. The van der Waals surface area contributed by atoms with Gasteiger partial charge in [0, 0.05) is 6.04 Å². The van der Waals surface area contributed by atoms with E-state index in [9.17, 15) is 5.11 Å². The zero-order valence-electron chi connectivity index (χ0n) is 7.16. The Balaban J connectivity index is 2.36. The second kappa shape index (κ2) is 3.52. The van der Waals surface area contributed by atoms with E-state index < -0.39 is 0 Å². The van der Waals surface area contributed by atoms with Crippen molar-refractivity contribution in [3.05, 3.63) is 0 Å². The van der Waals surface area contributed by atoms with E-state index in [4.69, 9.17) is 10.5 Å². The van der Waals surface area contributed by atoms with Crippen LogP contribution in [0.5, 0.6) is 0 Å². The molecule has 11 heavy (non-hydrogen) atoms. The zero-order chi connectivity index (χ0) is 8.43. The van der Waals surface area contributed by atoms with Gasteiger partial charge < -0.3 is 15.6 Å². The Morgan fingerprint density at radius 2 is 2.18 bits per heavy atom. The lowest BCUT2D eigenvalue weighted by molar-refractivity contribution is -0.0243. The molecule has 3 heteroatoms. The van der Waals surface area contributed by atoms with Gasteiger partial charge in [-0.05, 0) is 12.3 Å². The van der Waals surface area contributed by atoms with Crippen LogP contribution in [-0.4, -0.2) is 30.0 Å². The van der Waals surface area contributed by atoms with E-state index in [1.807, 2.05) is 13.8 Å². The Morgan fingerprint density at radius 3 is 2.55 bits per heavy atom. The molecule has 0 aromatic rings. The monoisotopic (exact) mass is 159 g/mol. The molecular formula is C8H17NO2. The quantitative estimate of drug-likeness (QED) is 0.601. The van der Waals surface area contributed by atoms with E-state index in [1.165, 1.54) is 0 Å². The maximum atomic E-state index is 9.56. The number of hydrogen-bond acceptors (Lipinski definition) is 3. The molecule has 1 rings (SSSR count). The number of aliphatic hydroxyl groups is 1. The molecule has 0 radical (unpaired) electrons. The first-order valence-electron chi connectivity index (χ1n) is 4.16. The SMILES string of the molecule is CC(C)C(O)[C@@H]1C[C@H](N)CO1. The number of hydrogen-bond donors (Lipinski definition) is 2. The van der Waals surface area contributed by atoms with Crippen LogP contribution in [0, 0.1) is 5.92 Å². The van der Waals surface area contributed by atoms with Crippen LogP contribution in [-0.2, 0) is 4.74 Å². The van der Waals surface area contributed by atoms with Crippen LogP contribution in [0.15, 0.2) is 0 Å². The smallest absolute Gasteiger partial charge is 0.0852 e. The summed E-state index contributed by atoms with van der Waals surface area (Å²) < 4.78 is 5.31. The fourth-order valence-electron chi connectivity index (χ4n) is 1.35. The molecule has 3 nitrogen and oxygen atoms in total. The molecule has 0 aromatic heterocycles. The third-order valence-corrected chi connectivity index (χ3v) is 2.12. The van der Waals surface area contributed by atoms with Gasteiger partial charge in [-0.2, -0.15) is 0 Å². The van der Waals surface area contributed by atoms with Crippen LogP contribution in [0.2, 0.25) is 0 Å². The van der Waals surface area contributed by atoms with Gasteiger partial charge in [0.05, 0.1) is 18.8 Å². The van der Waals surface area contributed by atoms with Gasteiger partial charge in [0.2, 0.25) is 0 Å². The average molecular weight is 159 g/mol. The second-order valence-electron chi connectivity index (χ2n) is 3.60. The highest BCUT2D eigenvalue weighted by atomic mass is 16.5. The van der Waals surface area contributed by atoms with E-state index >= 15 is 0 Å². The van der Waals surface area contributed by atoms with Crippen LogP contribution < -0.4 is 5.73 Å². The van der Waals surface area contributed by atoms with Crippen molar-refractivity contribution in [2.45, 2.75) is 38.5 Å². The predicted molar refractivity (Wildman–Crippen MR) is 43.2 cm³/mol. The molecule has 0 saturated carbocycles. The summed E-state index contributed by atoms with van der Waals surface area (Å²) in [5, 5.41) is 9.56. The average Bonchev–Trinajstić information content (AvgIpc) is 2.34. The van der Waals surface area contributed by atoms with Gasteiger partial charge in [-0.3, -0.25) is 0 Å². The number of rotatable bonds is 2. The fraction of sp³-hybridized carbons (Fsp3) is 1.00. The molecule has 1 heterocycles. The second-order valence-corrected chi connectivity index (χ2v) is 3.60. The van der Waals surface area contributed by atoms with E-state index in [0.717, 1.165) is 6.42 Å². The molecule has 0 bridgehead atoms. The Labute approximate surface area is 67.5 Å². The largest absolute Gasteiger partial charge is 0.390 e. The Hall–Kier alpha value is -0.120. The summed E-state index contributed by atoms with van der Waals surface area (Å²) in [6.45, 7) is 4.56. The van der Waals surface area contributed by atoms with Crippen LogP contribution in [0.1, 0.15) is 20.3 Å². The zero-order valence-corrected chi connectivity index (χ0v) is 7.16. The third-order valence-electron chi connectivity index (χ3n) is 2.12. The standard InChI is InChI=1S/C8H17NO2/c1-5(2)8(10)7-3-6(9)4-11-7/h5-8,10H,3-4,9H2,1-2H3/t6-,7-,8?/m0/s1. The van der Waals surface area contributed by atoms with E-state index in [-0.39, 0.29) is 24.2 Å². The van der Waals surface area contributed by atoms with E-state index in [2.05, 4.69) is 0 Å². The summed E-state index contributed by atoms with van der Waals surface area (Å²) >= 11 is 0. The first-order chi connectivity index (χ1) is 5.11. The third kappa shape index (κ3) is 2.15. The number of nitrogens with two attached hydrogens (primary N) is 1. The van der Waals surface area contributed by atoms with Gasteiger partial charge >= 0.3 is 0 Å². The lowest BCUT2D eigenvalue weighted by atomic mass is 9.99. The summed E-state index contributed by atoms with van der Waals surface area (Å²) in [5.41, 5.74) is 5.63. The molecule has 1 saturated heterocycles. The maximum Gasteiger partial charge on any atom is 0.0852 e. The topological polar surface area (TPSA) is 55.5 Å². The molecule has 1 aliphatic rings. The van der Waals surface area contributed by atoms with Gasteiger partial charge in [0.15, 0.2) is 0 Å². The van der Waals surface area contributed by atoms with Crippen LogP contribution in [0.4, 0.5) is 0 Å². The number of aliphatic hydroxyl groups excluding tert-OH is 1. The van der Waals surface area contributed by atoms with Gasteiger partial charge in [-0.15, -0.1) is 0 Å². The van der Waals surface area contributed by atoms with Gasteiger partial charge in [0.1, 0.15) is 0 Å². The lowest BCUT2D eigenvalue weighted by Crippen LogP contribution is -2.31. The molecule has 1 fully saturated rings. The first kappa shape index (κ1) is 8.97. The molecular weight excluding hydrogens is 142 g/mol. The lowest BCUT2D eigenvalue weighted by Gasteiger charge is -2.20. The summed E-state index contributed by atoms with van der Waals surface area (Å²) in [5.74, 6) is 0.255.